The third-order valence-corrected chi connectivity index (χ3v) is 2.51. The normalized spacial score (nSPS) is 11.9. The van der Waals surface area contributed by atoms with E-state index in [9.17, 15) is 13.2 Å². The Bertz CT molecular complexity index is 618. The van der Waals surface area contributed by atoms with Crippen LogP contribution in [-0.4, -0.2) is 25.7 Å². The molecule has 0 aliphatic carbocycles. The number of nitrogens with one attached hydrogen (secondary N) is 1. The van der Waals surface area contributed by atoms with Gasteiger partial charge in [0.1, 0.15) is 11.5 Å². The minimum atomic E-state index is -1.29. The van der Waals surface area contributed by atoms with Gasteiger partial charge in [-0.05, 0) is 31.2 Å². The molecule has 0 bridgehead atoms. The zero-order valence-electron chi connectivity index (χ0n) is 11.3. The standard InChI is InChI=1S/C12H14F3N5/c1-12(2,3)16-6-10-17-18-19-20(10)9-5-7(13)4-8(14)11(9)15/h4-5,16H,6H2,1-3H3. The highest BCUT2D eigenvalue weighted by Crippen LogP contribution is 2.18. The van der Waals surface area contributed by atoms with Crippen LogP contribution in [0.25, 0.3) is 5.69 Å². The third kappa shape index (κ3) is 3.13. The van der Waals surface area contributed by atoms with Crippen LogP contribution in [0, 0.1) is 17.5 Å². The number of benzene rings is 1. The van der Waals surface area contributed by atoms with Gasteiger partial charge in [0.2, 0.25) is 0 Å². The molecule has 0 atom stereocenters. The fraction of sp³-hybridized carbons (Fsp3) is 0.417. The first-order valence-corrected chi connectivity index (χ1v) is 5.95. The zero-order chi connectivity index (χ0) is 14.9. The molecule has 1 heterocycles. The molecule has 2 rings (SSSR count). The SMILES string of the molecule is CC(C)(C)NCc1nnnn1-c1cc(F)cc(F)c1F. The average molecular weight is 285 g/mol. The van der Waals surface area contributed by atoms with Gasteiger partial charge in [-0.1, -0.05) is 0 Å². The fourth-order valence-corrected chi connectivity index (χ4v) is 1.54. The van der Waals surface area contributed by atoms with Crippen molar-refractivity contribution in [3.05, 3.63) is 35.4 Å². The quantitative estimate of drug-likeness (QED) is 0.876. The number of aromatic nitrogens is 4. The van der Waals surface area contributed by atoms with E-state index in [0.717, 1.165) is 10.7 Å². The van der Waals surface area contributed by atoms with Crippen molar-refractivity contribution in [1.82, 2.24) is 25.5 Å². The molecular weight excluding hydrogens is 271 g/mol. The molecule has 8 heteroatoms. The topological polar surface area (TPSA) is 55.6 Å². The van der Waals surface area contributed by atoms with E-state index in [1.807, 2.05) is 20.8 Å². The van der Waals surface area contributed by atoms with Gasteiger partial charge in [0, 0.05) is 17.7 Å². The molecule has 2 aromatic rings. The van der Waals surface area contributed by atoms with Crippen LogP contribution < -0.4 is 5.32 Å². The maximum absolute atomic E-state index is 13.7. The molecular formula is C12H14F3N5. The lowest BCUT2D eigenvalue weighted by molar-refractivity contribution is 0.413. The van der Waals surface area contributed by atoms with E-state index >= 15 is 0 Å². The Labute approximate surface area is 113 Å². The Kier molecular flexibility index (Phi) is 3.76. The van der Waals surface area contributed by atoms with Gasteiger partial charge in [-0.3, -0.25) is 0 Å². The number of halogens is 3. The van der Waals surface area contributed by atoms with Crippen molar-refractivity contribution in [3.63, 3.8) is 0 Å². The summed E-state index contributed by atoms with van der Waals surface area (Å²) < 4.78 is 41.1. The second-order valence-corrected chi connectivity index (χ2v) is 5.33. The van der Waals surface area contributed by atoms with E-state index in [-0.39, 0.29) is 23.6 Å². The predicted octanol–water partition coefficient (Wildman–Crippen LogP) is 1.97. The van der Waals surface area contributed by atoms with E-state index in [2.05, 4.69) is 20.8 Å². The highest BCUT2D eigenvalue weighted by molar-refractivity contribution is 5.34. The largest absolute Gasteiger partial charge is 0.305 e. The van der Waals surface area contributed by atoms with Crippen molar-refractivity contribution in [1.29, 1.82) is 0 Å². The van der Waals surface area contributed by atoms with Gasteiger partial charge in [0.15, 0.2) is 17.5 Å². The molecule has 20 heavy (non-hydrogen) atoms. The molecule has 0 fully saturated rings. The molecule has 1 aromatic carbocycles. The molecule has 0 unspecified atom stereocenters. The monoisotopic (exact) mass is 285 g/mol. The van der Waals surface area contributed by atoms with Crippen molar-refractivity contribution in [3.8, 4) is 5.69 Å². The Hall–Kier alpha value is -1.96. The van der Waals surface area contributed by atoms with Crippen LogP contribution in [-0.2, 0) is 6.54 Å². The Morgan fingerprint density at radius 2 is 1.90 bits per heavy atom. The molecule has 0 saturated heterocycles. The first-order valence-electron chi connectivity index (χ1n) is 5.95. The number of hydrogen-bond acceptors (Lipinski definition) is 4. The predicted molar refractivity (Wildman–Crippen MR) is 65.6 cm³/mol. The molecule has 0 aliphatic rings. The number of nitrogens with zero attached hydrogens (tertiary/aromatic N) is 4. The first kappa shape index (κ1) is 14.4. The maximum atomic E-state index is 13.7. The molecule has 108 valence electrons. The van der Waals surface area contributed by atoms with Crippen molar-refractivity contribution >= 4 is 0 Å². The summed E-state index contributed by atoms with van der Waals surface area (Å²) in [7, 11) is 0. The average Bonchev–Trinajstić information content (AvgIpc) is 2.78. The van der Waals surface area contributed by atoms with Crippen LogP contribution in [0.5, 0.6) is 0 Å². The van der Waals surface area contributed by atoms with Crippen LogP contribution in [0.4, 0.5) is 13.2 Å². The lowest BCUT2D eigenvalue weighted by atomic mass is 10.1. The summed E-state index contributed by atoms with van der Waals surface area (Å²) in [6, 6.07) is 1.31. The van der Waals surface area contributed by atoms with Crippen LogP contribution in [0.1, 0.15) is 26.6 Å². The van der Waals surface area contributed by atoms with E-state index in [0.29, 0.717) is 6.07 Å². The van der Waals surface area contributed by atoms with Crippen molar-refractivity contribution < 1.29 is 13.2 Å². The summed E-state index contributed by atoms with van der Waals surface area (Å²) >= 11 is 0. The summed E-state index contributed by atoms with van der Waals surface area (Å²) in [5.41, 5.74) is -0.569. The zero-order valence-corrected chi connectivity index (χ0v) is 11.3. The van der Waals surface area contributed by atoms with Gasteiger partial charge in [-0.15, -0.1) is 5.10 Å². The Morgan fingerprint density at radius 1 is 1.20 bits per heavy atom. The highest BCUT2D eigenvalue weighted by atomic mass is 19.2. The third-order valence-electron chi connectivity index (χ3n) is 2.51. The Balaban J connectivity index is 2.37. The second-order valence-electron chi connectivity index (χ2n) is 5.33. The molecule has 0 amide bonds. The molecule has 5 nitrogen and oxygen atoms in total. The van der Waals surface area contributed by atoms with Crippen molar-refractivity contribution in [2.75, 3.05) is 0 Å². The van der Waals surface area contributed by atoms with Crippen molar-refractivity contribution in [2.24, 2.45) is 0 Å². The summed E-state index contributed by atoms with van der Waals surface area (Å²) in [5.74, 6) is -3.13. The fourth-order valence-electron chi connectivity index (χ4n) is 1.54. The van der Waals surface area contributed by atoms with E-state index in [1.165, 1.54) is 0 Å². The number of rotatable bonds is 3. The van der Waals surface area contributed by atoms with Crippen molar-refractivity contribution in [2.45, 2.75) is 32.9 Å². The maximum Gasteiger partial charge on any atom is 0.184 e. The molecule has 0 spiro atoms. The minimum absolute atomic E-state index is 0.206. The van der Waals surface area contributed by atoms with Crippen LogP contribution in [0.2, 0.25) is 0 Å². The Morgan fingerprint density at radius 3 is 2.55 bits per heavy atom. The van der Waals surface area contributed by atoms with E-state index < -0.39 is 17.5 Å². The van der Waals surface area contributed by atoms with Crippen LogP contribution >= 0.6 is 0 Å². The van der Waals surface area contributed by atoms with Gasteiger partial charge >= 0.3 is 0 Å². The molecule has 0 radical (unpaired) electrons. The minimum Gasteiger partial charge on any atom is -0.305 e. The molecule has 1 N–H and O–H groups in total. The number of tetrazole rings is 1. The van der Waals surface area contributed by atoms with Gasteiger partial charge < -0.3 is 5.32 Å². The van der Waals surface area contributed by atoms with Gasteiger partial charge in [0.05, 0.1) is 6.54 Å². The first-order chi connectivity index (χ1) is 9.28. The van der Waals surface area contributed by atoms with Crippen LogP contribution in [0.15, 0.2) is 12.1 Å². The number of hydrogen-bond donors (Lipinski definition) is 1. The van der Waals surface area contributed by atoms with Gasteiger partial charge in [-0.2, -0.15) is 4.68 Å². The lowest BCUT2D eigenvalue weighted by Crippen LogP contribution is -2.36. The van der Waals surface area contributed by atoms with Crippen LogP contribution in [0.3, 0.4) is 0 Å². The molecule has 0 saturated carbocycles. The van der Waals surface area contributed by atoms with Gasteiger partial charge in [-0.25, -0.2) is 13.2 Å². The summed E-state index contributed by atoms with van der Waals surface area (Å²) in [6.07, 6.45) is 0. The second kappa shape index (κ2) is 5.20. The smallest absolute Gasteiger partial charge is 0.184 e. The molecule has 0 aliphatic heterocycles. The summed E-state index contributed by atoms with van der Waals surface area (Å²) in [6.45, 7) is 6.03. The summed E-state index contributed by atoms with van der Waals surface area (Å²) in [5, 5.41) is 13.8. The van der Waals surface area contributed by atoms with E-state index in [4.69, 9.17) is 0 Å². The summed E-state index contributed by atoms with van der Waals surface area (Å²) in [4.78, 5) is 0. The van der Waals surface area contributed by atoms with Gasteiger partial charge in [0.25, 0.3) is 0 Å². The molecule has 1 aromatic heterocycles. The van der Waals surface area contributed by atoms with E-state index in [1.54, 1.807) is 0 Å². The lowest BCUT2D eigenvalue weighted by Gasteiger charge is -2.19. The highest BCUT2D eigenvalue weighted by Gasteiger charge is 2.18.